The van der Waals surface area contributed by atoms with Crippen LogP contribution in [0.25, 0.3) is 5.95 Å². The van der Waals surface area contributed by atoms with E-state index in [1.807, 2.05) is 11.1 Å². The fourth-order valence-corrected chi connectivity index (χ4v) is 3.07. The molecule has 0 radical (unpaired) electrons. The summed E-state index contributed by atoms with van der Waals surface area (Å²) in [6.07, 6.45) is 13.2. The predicted octanol–water partition coefficient (Wildman–Crippen LogP) is 2.14. The molecule has 1 aliphatic heterocycles. The number of piperidine rings is 1. The van der Waals surface area contributed by atoms with E-state index in [0.717, 1.165) is 31.4 Å². The van der Waals surface area contributed by atoms with Gasteiger partial charge < -0.3 is 10.2 Å². The van der Waals surface area contributed by atoms with Crippen LogP contribution in [0.1, 0.15) is 30.9 Å². The van der Waals surface area contributed by atoms with Crippen LogP contribution in [0.3, 0.4) is 0 Å². The third-order valence-electron chi connectivity index (χ3n) is 4.26. The van der Waals surface area contributed by atoms with Crippen molar-refractivity contribution in [2.75, 3.05) is 11.9 Å². The van der Waals surface area contributed by atoms with E-state index in [1.54, 1.807) is 37.1 Å². The number of nitrogens with zero attached hydrogens (tertiary/aromatic N) is 6. The van der Waals surface area contributed by atoms with Gasteiger partial charge in [0.2, 0.25) is 5.95 Å². The number of anilines is 1. The Hall–Kier alpha value is -3.23. The van der Waals surface area contributed by atoms with E-state index < -0.39 is 0 Å². The van der Waals surface area contributed by atoms with E-state index in [0.29, 0.717) is 11.6 Å². The Labute approximate surface area is 144 Å². The van der Waals surface area contributed by atoms with Gasteiger partial charge in [0.05, 0.1) is 30.3 Å². The molecular weight excluding hydrogens is 320 g/mol. The maximum absolute atomic E-state index is 12.7. The number of aromatic amines is 1. The first-order valence-electron chi connectivity index (χ1n) is 8.19. The summed E-state index contributed by atoms with van der Waals surface area (Å²) in [7, 11) is 0. The van der Waals surface area contributed by atoms with Crippen LogP contribution in [0.2, 0.25) is 0 Å². The number of hydrogen-bond acceptors (Lipinski definition) is 5. The Bertz CT molecular complexity index is 829. The zero-order valence-electron chi connectivity index (χ0n) is 13.5. The fraction of sp³-hybridized carbons (Fsp3) is 0.312. The smallest absolute Gasteiger partial charge is 0.317 e. The molecule has 0 spiro atoms. The third-order valence-corrected chi connectivity index (χ3v) is 4.26. The maximum atomic E-state index is 12.7. The molecule has 4 rings (SSSR count). The normalized spacial score (nSPS) is 17.4. The summed E-state index contributed by atoms with van der Waals surface area (Å²) in [6, 6.07) is 1.64. The van der Waals surface area contributed by atoms with Gasteiger partial charge in [-0.05, 0) is 25.3 Å². The predicted molar refractivity (Wildman–Crippen MR) is 90.1 cm³/mol. The second-order valence-electron chi connectivity index (χ2n) is 5.89. The first-order valence-corrected chi connectivity index (χ1v) is 8.19. The molecule has 3 aromatic heterocycles. The molecule has 2 amide bonds. The van der Waals surface area contributed by atoms with Gasteiger partial charge in [0.15, 0.2) is 0 Å². The number of rotatable bonds is 3. The molecular formula is C16H18N8O. The highest BCUT2D eigenvalue weighted by Gasteiger charge is 2.28. The van der Waals surface area contributed by atoms with E-state index in [-0.39, 0.29) is 12.1 Å². The number of urea groups is 1. The van der Waals surface area contributed by atoms with Crippen LogP contribution in [0, 0.1) is 0 Å². The van der Waals surface area contributed by atoms with E-state index in [9.17, 15) is 4.79 Å². The molecule has 3 aromatic rings. The van der Waals surface area contributed by atoms with Crippen molar-refractivity contribution in [1.82, 2.24) is 34.8 Å². The Morgan fingerprint density at radius 1 is 1.24 bits per heavy atom. The molecule has 1 saturated heterocycles. The van der Waals surface area contributed by atoms with Crippen molar-refractivity contribution in [3.63, 3.8) is 0 Å². The van der Waals surface area contributed by atoms with E-state index >= 15 is 0 Å². The van der Waals surface area contributed by atoms with Gasteiger partial charge in [0, 0.05) is 30.7 Å². The van der Waals surface area contributed by atoms with Crippen LogP contribution in [0.4, 0.5) is 10.5 Å². The molecule has 25 heavy (non-hydrogen) atoms. The molecule has 1 atom stereocenters. The number of likely N-dealkylation sites (tertiary alicyclic amines) is 1. The van der Waals surface area contributed by atoms with Crippen LogP contribution >= 0.6 is 0 Å². The molecule has 0 bridgehead atoms. The molecule has 1 aliphatic rings. The van der Waals surface area contributed by atoms with Gasteiger partial charge in [-0.2, -0.15) is 10.2 Å². The number of aromatic nitrogens is 6. The summed E-state index contributed by atoms with van der Waals surface area (Å²) >= 11 is 0. The van der Waals surface area contributed by atoms with Crippen LogP contribution in [0.5, 0.6) is 0 Å². The van der Waals surface area contributed by atoms with Crippen molar-refractivity contribution < 1.29 is 4.79 Å². The van der Waals surface area contributed by atoms with Gasteiger partial charge in [-0.15, -0.1) is 0 Å². The minimum Gasteiger partial charge on any atom is -0.317 e. The van der Waals surface area contributed by atoms with Crippen molar-refractivity contribution in [2.24, 2.45) is 0 Å². The number of H-pyrrole nitrogens is 1. The summed E-state index contributed by atoms with van der Waals surface area (Å²) in [5, 5.41) is 13.9. The fourth-order valence-electron chi connectivity index (χ4n) is 3.07. The highest BCUT2D eigenvalue weighted by molar-refractivity contribution is 5.89. The quantitative estimate of drug-likeness (QED) is 0.761. The van der Waals surface area contributed by atoms with Gasteiger partial charge >= 0.3 is 6.03 Å². The van der Waals surface area contributed by atoms with Crippen molar-refractivity contribution in [3.05, 3.63) is 48.8 Å². The molecule has 0 unspecified atom stereocenters. The summed E-state index contributed by atoms with van der Waals surface area (Å²) in [5.41, 5.74) is 1.64. The standard InChI is InChI=1S/C16H18N8O/c25-16(23-7-2-1-4-14(23)12-8-19-20-9-12)22-13-10-21-24(11-13)15-17-5-3-6-18-15/h3,5-6,8-11,14H,1-2,4,7H2,(H,19,20)(H,22,25)/t14-/m1/s1. The number of amides is 2. The zero-order chi connectivity index (χ0) is 17.1. The monoisotopic (exact) mass is 338 g/mol. The van der Waals surface area contributed by atoms with Crippen molar-refractivity contribution >= 4 is 11.7 Å². The lowest BCUT2D eigenvalue weighted by Gasteiger charge is -2.35. The summed E-state index contributed by atoms with van der Waals surface area (Å²) in [4.78, 5) is 22.9. The van der Waals surface area contributed by atoms with Crippen LogP contribution in [-0.2, 0) is 0 Å². The average Bonchev–Trinajstić information content (AvgIpc) is 3.34. The highest BCUT2D eigenvalue weighted by atomic mass is 16.2. The molecule has 9 heteroatoms. The molecule has 2 N–H and O–H groups in total. The molecule has 0 aromatic carbocycles. The lowest BCUT2D eigenvalue weighted by molar-refractivity contribution is 0.163. The summed E-state index contributed by atoms with van der Waals surface area (Å²) in [6.45, 7) is 0.720. The van der Waals surface area contributed by atoms with Gasteiger partial charge in [-0.3, -0.25) is 5.10 Å². The molecule has 4 heterocycles. The van der Waals surface area contributed by atoms with Crippen molar-refractivity contribution in [2.45, 2.75) is 25.3 Å². The zero-order valence-corrected chi connectivity index (χ0v) is 13.5. The topological polar surface area (TPSA) is 105 Å². The van der Waals surface area contributed by atoms with Gasteiger partial charge in [0.25, 0.3) is 0 Å². The Morgan fingerprint density at radius 3 is 2.92 bits per heavy atom. The summed E-state index contributed by atoms with van der Waals surface area (Å²) < 4.78 is 1.53. The van der Waals surface area contributed by atoms with Crippen LogP contribution in [-0.4, -0.2) is 47.4 Å². The molecule has 9 nitrogen and oxygen atoms in total. The van der Waals surface area contributed by atoms with E-state index in [1.165, 1.54) is 4.68 Å². The lowest BCUT2D eigenvalue weighted by atomic mass is 9.98. The Kier molecular flexibility index (Phi) is 4.11. The maximum Gasteiger partial charge on any atom is 0.322 e. The van der Waals surface area contributed by atoms with Crippen molar-refractivity contribution in [1.29, 1.82) is 0 Å². The molecule has 0 aliphatic carbocycles. The minimum absolute atomic E-state index is 0.0417. The number of carbonyl (C=O) groups excluding carboxylic acids is 1. The number of nitrogens with one attached hydrogen (secondary N) is 2. The second kappa shape index (κ2) is 6.71. The van der Waals surface area contributed by atoms with E-state index in [4.69, 9.17) is 0 Å². The van der Waals surface area contributed by atoms with Gasteiger partial charge in [0.1, 0.15) is 0 Å². The molecule has 1 fully saturated rings. The second-order valence-corrected chi connectivity index (χ2v) is 5.89. The summed E-state index contributed by atoms with van der Waals surface area (Å²) in [5.74, 6) is 0.456. The highest BCUT2D eigenvalue weighted by Crippen LogP contribution is 2.30. The van der Waals surface area contributed by atoms with Crippen LogP contribution < -0.4 is 5.32 Å². The van der Waals surface area contributed by atoms with Gasteiger partial charge in [-0.25, -0.2) is 19.4 Å². The lowest BCUT2D eigenvalue weighted by Crippen LogP contribution is -2.41. The van der Waals surface area contributed by atoms with E-state index in [2.05, 4.69) is 30.6 Å². The Balaban J connectivity index is 1.48. The largest absolute Gasteiger partial charge is 0.322 e. The first-order chi connectivity index (χ1) is 12.3. The number of hydrogen-bond donors (Lipinski definition) is 2. The molecule has 128 valence electrons. The first kappa shape index (κ1) is 15.3. The van der Waals surface area contributed by atoms with Crippen molar-refractivity contribution in [3.8, 4) is 5.95 Å². The third kappa shape index (κ3) is 3.21. The number of carbonyl (C=O) groups is 1. The van der Waals surface area contributed by atoms with Gasteiger partial charge in [-0.1, -0.05) is 0 Å². The minimum atomic E-state index is -0.139. The van der Waals surface area contributed by atoms with Crippen LogP contribution in [0.15, 0.2) is 43.2 Å². The molecule has 0 saturated carbocycles. The Morgan fingerprint density at radius 2 is 2.12 bits per heavy atom. The SMILES string of the molecule is O=C(Nc1cnn(-c2ncccn2)c1)N1CCCC[C@@H]1c1cn[nH]c1. The average molecular weight is 338 g/mol.